The second-order valence-corrected chi connectivity index (χ2v) is 6.45. The van der Waals surface area contributed by atoms with E-state index in [1.807, 2.05) is 30.3 Å². The number of rotatable bonds is 4. The van der Waals surface area contributed by atoms with Crippen LogP contribution in [-0.2, 0) is 15.8 Å². The Hall–Kier alpha value is -0.870. The molecule has 0 atom stereocenters. The van der Waals surface area contributed by atoms with Crippen molar-refractivity contribution in [3.05, 3.63) is 35.9 Å². The highest BCUT2D eigenvalue weighted by atomic mass is 32.2. The van der Waals surface area contributed by atoms with Gasteiger partial charge in [0, 0.05) is 6.04 Å². The minimum absolute atomic E-state index is 0.0876. The van der Waals surface area contributed by atoms with E-state index in [0.717, 1.165) is 31.2 Å². The molecule has 0 radical (unpaired) electrons. The highest BCUT2D eigenvalue weighted by molar-refractivity contribution is 7.88. The molecule has 0 saturated heterocycles. The number of sulfonamides is 1. The van der Waals surface area contributed by atoms with Crippen LogP contribution in [0.15, 0.2) is 30.3 Å². The maximum Gasteiger partial charge on any atom is 0.216 e. The molecule has 1 saturated carbocycles. The smallest absolute Gasteiger partial charge is 0.212 e. The fraction of sp³-hybridized carbons (Fsp3) is 0.538. The van der Waals surface area contributed by atoms with Crippen molar-refractivity contribution in [3.8, 4) is 0 Å². The highest BCUT2D eigenvalue weighted by Crippen LogP contribution is 2.18. The van der Waals surface area contributed by atoms with E-state index in [9.17, 15) is 8.42 Å². The Kier molecular flexibility index (Phi) is 4.18. The van der Waals surface area contributed by atoms with Gasteiger partial charge in [-0.2, -0.15) is 0 Å². The van der Waals surface area contributed by atoms with Crippen LogP contribution in [0.25, 0.3) is 0 Å². The first-order valence-corrected chi connectivity index (χ1v) is 7.85. The summed E-state index contributed by atoms with van der Waals surface area (Å²) in [6.45, 7) is 0. The zero-order valence-electron chi connectivity index (χ0n) is 9.93. The molecule has 94 valence electrons. The van der Waals surface area contributed by atoms with Crippen LogP contribution in [0.5, 0.6) is 0 Å². The predicted molar refractivity (Wildman–Crippen MR) is 69.1 cm³/mol. The summed E-state index contributed by atoms with van der Waals surface area (Å²) in [6.07, 6.45) is 5.47. The summed E-state index contributed by atoms with van der Waals surface area (Å²) in [5, 5.41) is 0. The average molecular weight is 253 g/mol. The molecular weight excluding hydrogens is 234 g/mol. The van der Waals surface area contributed by atoms with Gasteiger partial charge in [0.15, 0.2) is 0 Å². The third kappa shape index (κ3) is 4.13. The van der Waals surface area contributed by atoms with Gasteiger partial charge in [0.2, 0.25) is 10.0 Å². The number of nitrogens with one attached hydrogen (secondary N) is 1. The van der Waals surface area contributed by atoms with Crippen molar-refractivity contribution in [3.63, 3.8) is 0 Å². The van der Waals surface area contributed by atoms with Gasteiger partial charge in [-0.1, -0.05) is 49.6 Å². The van der Waals surface area contributed by atoms with Crippen LogP contribution >= 0.6 is 0 Å². The van der Waals surface area contributed by atoms with Gasteiger partial charge >= 0.3 is 0 Å². The fourth-order valence-corrected chi connectivity index (χ4v) is 3.77. The van der Waals surface area contributed by atoms with Gasteiger partial charge in [0.1, 0.15) is 0 Å². The lowest BCUT2D eigenvalue weighted by Gasteiger charge is -2.22. The molecule has 0 spiro atoms. The van der Waals surface area contributed by atoms with Crippen LogP contribution in [0.1, 0.15) is 37.7 Å². The molecule has 0 amide bonds. The number of hydrogen-bond donors (Lipinski definition) is 1. The molecule has 0 aliphatic heterocycles. The topological polar surface area (TPSA) is 46.2 Å². The third-order valence-corrected chi connectivity index (χ3v) is 4.56. The molecule has 1 aliphatic rings. The second-order valence-electron chi connectivity index (χ2n) is 4.70. The van der Waals surface area contributed by atoms with Crippen molar-refractivity contribution >= 4 is 10.0 Å². The monoisotopic (exact) mass is 253 g/mol. The van der Waals surface area contributed by atoms with E-state index in [0.29, 0.717) is 0 Å². The van der Waals surface area contributed by atoms with E-state index in [2.05, 4.69) is 4.72 Å². The predicted octanol–water partition coefficient (Wildman–Crippen LogP) is 2.44. The van der Waals surface area contributed by atoms with Gasteiger partial charge in [-0.25, -0.2) is 13.1 Å². The van der Waals surface area contributed by atoms with Crippen molar-refractivity contribution in [1.82, 2.24) is 4.72 Å². The molecule has 4 heteroatoms. The highest BCUT2D eigenvalue weighted by Gasteiger charge is 2.20. The molecule has 1 fully saturated rings. The zero-order valence-corrected chi connectivity index (χ0v) is 10.7. The molecule has 1 aromatic carbocycles. The first-order valence-electron chi connectivity index (χ1n) is 6.20. The van der Waals surface area contributed by atoms with Gasteiger partial charge in [0.05, 0.1) is 5.75 Å². The Labute approximate surface area is 103 Å². The minimum Gasteiger partial charge on any atom is -0.212 e. The lowest BCUT2D eigenvalue weighted by Crippen LogP contribution is -2.36. The summed E-state index contributed by atoms with van der Waals surface area (Å²) in [6, 6.07) is 9.47. The van der Waals surface area contributed by atoms with Gasteiger partial charge in [0.25, 0.3) is 0 Å². The molecule has 0 bridgehead atoms. The maximum absolute atomic E-state index is 12.0. The summed E-state index contributed by atoms with van der Waals surface area (Å²) in [5.74, 6) is 0.0876. The molecule has 0 unspecified atom stereocenters. The average Bonchev–Trinajstić information content (AvgIpc) is 2.30. The Morgan fingerprint density at radius 3 is 2.35 bits per heavy atom. The minimum atomic E-state index is -3.18. The maximum atomic E-state index is 12.0. The Morgan fingerprint density at radius 2 is 1.71 bits per heavy atom. The summed E-state index contributed by atoms with van der Waals surface area (Å²) in [7, 11) is -3.18. The lowest BCUT2D eigenvalue weighted by molar-refractivity contribution is 0.412. The zero-order chi connectivity index (χ0) is 12.1. The van der Waals surface area contributed by atoms with Crippen molar-refractivity contribution in [2.75, 3.05) is 0 Å². The summed E-state index contributed by atoms with van der Waals surface area (Å²) in [5.41, 5.74) is 0.843. The molecule has 1 N–H and O–H groups in total. The van der Waals surface area contributed by atoms with Crippen LogP contribution in [0.2, 0.25) is 0 Å². The third-order valence-electron chi connectivity index (χ3n) is 3.15. The van der Waals surface area contributed by atoms with Gasteiger partial charge in [-0.15, -0.1) is 0 Å². The normalized spacial score (nSPS) is 18.1. The lowest BCUT2D eigenvalue weighted by atomic mass is 9.96. The molecule has 17 heavy (non-hydrogen) atoms. The van der Waals surface area contributed by atoms with Gasteiger partial charge in [-0.3, -0.25) is 0 Å². The Bertz CT molecular complexity index is 436. The van der Waals surface area contributed by atoms with Crippen LogP contribution in [0.4, 0.5) is 0 Å². The first kappa shape index (κ1) is 12.6. The molecule has 3 nitrogen and oxygen atoms in total. The largest absolute Gasteiger partial charge is 0.216 e. The van der Waals surface area contributed by atoms with E-state index in [1.54, 1.807) is 0 Å². The van der Waals surface area contributed by atoms with E-state index >= 15 is 0 Å². The van der Waals surface area contributed by atoms with Gasteiger partial charge in [-0.05, 0) is 18.4 Å². The molecule has 0 heterocycles. The summed E-state index contributed by atoms with van der Waals surface area (Å²) in [4.78, 5) is 0. The first-order chi connectivity index (χ1) is 8.16. The summed E-state index contributed by atoms with van der Waals surface area (Å²) < 4.78 is 26.7. The second kappa shape index (κ2) is 5.65. The van der Waals surface area contributed by atoms with E-state index in [1.165, 1.54) is 6.42 Å². The van der Waals surface area contributed by atoms with E-state index < -0.39 is 10.0 Å². The van der Waals surface area contributed by atoms with Crippen LogP contribution in [0.3, 0.4) is 0 Å². The molecule has 1 aromatic rings. The molecular formula is C13H19NO2S. The van der Waals surface area contributed by atoms with E-state index in [-0.39, 0.29) is 11.8 Å². The quantitative estimate of drug-likeness (QED) is 0.896. The molecule has 1 aliphatic carbocycles. The fourth-order valence-electron chi connectivity index (χ4n) is 2.31. The Morgan fingerprint density at radius 1 is 1.06 bits per heavy atom. The van der Waals surface area contributed by atoms with Crippen molar-refractivity contribution in [1.29, 1.82) is 0 Å². The molecule has 2 rings (SSSR count). The van der Waals surface area contributed by atoms with Crippen LogP contribution in [0, 0.1) is 0 Å². The summed E-state index contributed by atoms with van der Waals surface area (Å²) >= 11 is 0. The Balaban J connectivity index is 1.94. The van der Waals surface area contributed by atoms with Crippen LogP contribution < -0.4 is 4.72 Å². The van der Waals surface area contributed by atoms with Crippen LogP contribution in [-0.4, -0.2) is 14.5 Å². The number of hydrogen-bond acceptors (Lipinski definition) is 2. The standard InChI is InChI=1S/C13H19NO2S/c15-17(16,11-12-7-3-1-4-8-12)14-13-9-5-2-6-10-13/h1,3-4,7-8,13-14H,2,5-6,9-11H2. The molecule has 0 aromatic heterocycles. The SMILES string of the molecule is O=S(=O)(Cc1ccccc1)NC1CCCCC1. The van der Waals surface area contributed by atoms with Crippen molar-refractivity contribution in [2.45, 2.75) is 43.9 Å². The van der Waals surface area contributed by atoms with Crippen molar-refractivity contribution in [2.24, 2.45) is 0 Å². The van der Waals surface area contributed by atoms with Gasteiger partial charge < -0.3 is 0 Å². The van der Waals surface area contributed by atoms with Crippen molar-refractivity contribution < 1.29 is 8.42 Å². The number of benzene rings is 1. The van der Waals surface area contributed by atoms with E-state index in [4.69, 9.17) is 0 Å².